The van der Waals surface area contributed by atoms with E-state index in [9.17, 15) is 9.59 Å². The molecule has 0 aliphatic rings. The molecule has 0 spiro atoms. The van der Waals surface area contributed by atoms with Crippen LogP contribution < -0.4 is 10.3 Å². The largest absolute Gasteiger partial charge is 0.400 e. The number of aryl methyl sites for hydroxylation is 1. The van der Waals surface area contributed by atoms with Crippen molar-refractivity contribution in [2.24, 2.45) is 0 Å². The monoisotopic (exact) mass is 504 g/mol. The molecular formula is C27H20N8O3. The van der Waals surface area contributed by atoms with Gasteiger partial charge in [-0.1, -0.05) is 66.7 Å². The van der Waals surface area contributed by atoms with Crippen LogP contribution in [0.1, 0.15) is 21.7 Å². The van der Waals surface area contributed by atoms with E-state index in [1.165, 1.54) is 0 Å². The van der Waals surface area contributed by atoms with Crippen LogP contribution in [0.15, 0.2) is 83.7 Å². The Labute approximate surface area is 215 Å². The lowest BCUT2D eigenvalue weighted by Gasteiger charge is -2.10. The number of imidazole rings is 1. The van der Waals surface area contributed by atoms with E-state index in [2.05, 4.69) is 35.8 Å². The molecule has 0 aliphatic carbocycles. The van der Waals surface area contributed by atoms with Gasteiger partial charge in [-0.2, -0.15) is 5.21 Å². The van der Waals surface area contributed by atoms with Crippen LogP contribution in [0.2, 0.25) is 0 Å². The number of aromatic nitrogens is 8. The Kier molecular flexibility index (Phi) is 5.77. The highest BCUT2D eigenvalue weighted by molar-refractivity contribution is 5.93. The van der Waals surface area contributed by atoms with Crippen molar-refractivity contribution >= 4 is 17.0 Å². The molecule has 11 nitrogen and oxygen atoms in total. The number of hydrogen-bond acceptors (Lipinski definition) is 8. The van der Waals surface area contributed by atoms with Crippen molar-refractivity contribution in [1.29, 1.82) is 0 Å². The first-order valence-corrected chi connectivity index (χ1v) is 11.7. The molecule has 0 saturated carbocycles. The molecular weight excluding hydrogens is 484 g/mol. The average molecular weight is 505 g/mol. The third-order valence-corrected chi connectivity index (χ3v) is 6.15. The van der Waals surface area contributed by atoms with Gasteiger partial charge in [-0.05, 0) is 41.0 Å². The fourth-order valence-electron chi connectivity index (χ4n) is 4.32. The summed E-state index contributed by atoms with van der Waals surface area (Å²) in [7, 11) is 0. The Bertz CT molecular complexity index is 1810. The zero-order chi connectivity index (χ0) is 26.1. The first-order valence-electron chi connectivity index (χ1n) is 11.7. The fraction of sp³-hybridized carbons (Fsp3) is 0.0741. The molecule has 0 atom stereocenters. The number of esters is 1. The van der Waals surface area contributed by atoms with Gasteiger partial charge in [0, 0.05) is 12.1 Å². The number of carbonyl (C=O) groups is 1. The highest BCUT2D eigenvalue weighted by Crippen LogP contribution is 2.30. The van der Waals surface area contributed by atoms with Gasteiger partial charge >= 0.3 is 5.97 Å². The van der Waals surface area contributed by atoms with Crippen LogP contribution in [0.4, 0.5) is 0 Å². The quantitative estimate of drug-likeness (QED) is 0.328. The van der Waals surface area contributed by atoms with E-state index >= 15 is 0 Å². The summed E-state index contributed by atoms with van der Waals surface area (Å²) in [5, 5.41) is 20.7. The number of fused-ring (bicyclic) bond motifs is 1. The molecule has 6 aromatic rings. The summed E-state index contributed by atoms with van der Waals surface area (Å²) in [6.07, 6.45) is 0. The minimum atomic E-state index is -0.588. The topological polar surface area (TPSA) is 144 Å². The molecule has 0 saturated heterocycles. The molecule has 2 N–H and O–H groups in total. The van der Waals surface area contributed by atoms with Crippen molar-refractivity contribution in [3.8, 4) is 28.4 Å². The average Bonchev–Trinajstić information content (AvgIpc) is 3.60. The lowest BCUT2D eigenvalue weighted by Crippen LogP contribution is -2.17. The number of H-pyrrole nitrogens is 2. The van der Waals surface area contributed by atoms with Gasteiger partial charge in [-0.25, -0.2) is 14.9 Å². The van der Waals surface area contributed by atoms with Gasteiger partial charge in [0.15, 0.2) is 5.52 Å². The number of rotatable bonds is 6. The van der Waals surface area contributed by atoms with Crippen LogP contribution in [0.25, 0.3) is 33.5 Å². The zero-order valence-electron chi connectivity index (χ0n) is 20.1. The van der Waals surface area contributed by atoms with E-state index in [1.54, 1.807) is 41.8 Å². The third-order valence-electron chi connectivity index (χ3n) is 6.15. The summed E-state index contributed by atoms with van der Waals surface area (Å²) in [6, 6.07) is 24.3. The number of aromatic amines is 2. The molecule has 0 radical (unpaired) electrons. The molecule has 0 unspecified atom stereocenters. The second-order valence-electron chi connectivity index (χ2n) is 8.53. The van der Waals surface area contributed by atoms with Crippen LogP contribution >= 0.6 is 0 Å². The summed E-state index contributed by atoms with van der Waals surface area (Å²) < 4.78 is 7.26. The molecule has 0 aliphatic heterocycles. The fourth-order valence-corrected chi connectivity index (χ4v) is 4.32. The van der Waals surface area contributed by atoms with E-state index < -0.39 is 11.5 Å². The van der Waals surface area contributed by atoms with E-state index in [0.29, 0.717) is 23.8 Å². The lowest BCUT2D eigenvalue weighted by molar-refractivity contribution is 0.0728. The SMILES string of the molecule is Cc1nc2c(OC(=O)c3ccccc3)n[nH]c(=O)c2n1Cc1ccc(-c2ccccc2-c2nn[nH]n2)cc1. The molecule has 6 rings (SSSR count). The minimum Gasteiger partial charge on any atom is -0.400 e. The van der Waals surface area contributed by atoms with Crippen LogP contribution in [0, 0.1) is 6.92 Å². The number of nitrogens with one attached hydrogen (secondary N) is 2. The predicted molar refractivity (Wildman–Crippen MR) is 138 cm³/mol. The second-order valence-corrected chi connectivity index (χ2v) is 8.53. The minimum absolute atomic E-state index is 0.0521. The van der Waals surface area contributed by atoms with Gasteiger partial charge in [-0.3, -0.25) is 4.79 Å². The van der Waals surface area contributed by atoms with Crippen LogP contribution in [-0.4, -0.2) is 46.3 Å². The van der Waals surface area contributed by atoms with Gasteiger partial charge < -0.3 is 9.30 Å². The standard InChI is InChI=1S/C27H20N8O3/c1-16-28-22-23(25(36)31-32-26(22)38-27(37)19-7-3-2-4-8-19)35(16)15-17-11-13-18(14-12-17)20-9-5-6-10-21(20)24-29-33-34-30-24/h2-14H,15H2,1H3,(H,31,36)(H,29,30,33,34). The van der Waals surface area contributed by atoms with Crippen LogP contribution in [-0.2, 0) is 6.54 Å². The van der Waals surface area contributed by atoms with Crippen molar-refractivity contribution in [3.63, 3.8) is 0 Å². The van der Waals surface area contributed by atoms with E-state index in [1.807, 2.05) is 48.5 Å². The molecule has 0 fully saturated rings. The van der Waals surface area contributed by atoms with Gasteiger partial charge in [-0.15, -0.1) is 15.3 Å². The number of hydrogen-bond donors (Lipinski definition) is 2. The van der Waals surface area contributed by atoms with Gasteiger partial charge in [0.1, 0.15) is 11.3 Å². The Balaban J connectivity index is 1.31. The lowest BCUT2D eigenvalue weighted by atomic mass is 9.98. The Morgan fingerprint density at radius 3 is 2.39 bits per heavy atom. The summed E-state index contributed by atoms with van der Waals surface area (Å²) in [4.78, 5) is 29.8. The first-order chi connectivity index (χ1) is 18.6. The summed E-state index contributed by atoms with van der Waals surface area (Å²) in [6.45, 7) is 2.17. The third kappa shape index (κ3) is 4.22. The van der Waals surface area contributed by atoms with Gasteiger partial charge in [0.25, 0.3) is 11.4 Å². The normalized spacial score (nSPS) is 11.1. The number of benzene rings is 3. The van der Waals surface area contributed by atoms with Gasteiger partial charge in [0.05, 0.1) is 5.56 Å². The molecule has 38 heavy (non-hydrogen) atoms. The summed E-state index contributed by atoms with van der Waals surface area (Å²) in [5.41, 5.74) is 4.21. The number of nitrogens with zero attached hydrogens (tertiary/aromatic N) is 6. The second kappa shape index (κ2) is 9.54. The van der Waals surface area contributed by atoms with Crippen LogP contribution in [0.3, 0.4) is 0 Å². The number of tetrazole rings is 1. The van der Waals surface area contributed by atoms with Crippen molar-refractivity contribution in [2.45, 2.75) is 13.5 Å². The molecule has 0 amide bonds. The highest BCUT2D eigenvalue weighted by Gasteiger charge is 2.20. The predicted octanol–water partition coefficient (Wildman–Crippen LogP) is 3.54. The van der Waals surface area contributed by atoms with Crippen molar-refractivity contribution in [3.05, 3.63) is 106 Å². The number of ether oxygens (including phenoxy) is 1. The summed E-state index contributed by atoms with van der Waals surface area (Å²) in [5.74, 6) is 0.461. The van der Waals surface area contributed by atoms with Crippen LogP contribution in [0.5, 0.6) is 5.88 Å². The number of carbonyl (C=O) groups excluding carboxylic acids is 1. The molecule has 11 heteroatoms. The van der Waals surface area contributed by atoms with E-state index in [-0.39, 0.29) is 16.9 Å². The summed E-state index contributed by atoms with van der Waals surface area (Å²) >= 11 is 0. The van der Waals surface area contributed by atoms with Crippen molar-refractivity contribution in [2.75, 3.05) is 0 Å². The van der Waals surface area contributed by atoms with Crippen molar-refractivity contribution in [1.82, 2.24) is 40.4 Å². The molecule has 3 aromatic heterocycles. The Morgan fingerprint density at radius 2 is 1.66 bits per heavy atom. The molecule has 3 aromatic carbocycles. The zero-order valence-corrected chi connectivity index (χ0v) is 20.1. The smallest absolute Gasteiger partial charge is 0.344 e. The van der Waals surface area contributed by atoms with Gasteiger partial charge in [0.2, 0.25) is 5.82 Å². The van der Waals surface area contributed by atoms with E-state index in [0.717, 1.165) is 22.3 Å². The molecule has 0 bridgehead atoms. The Hall–Kier alpha value is -5.45. The first kappa shape index (κ1) is 23.0. The molecule has 3 heterocycles. The van der Waals surface area contributed by atoms with E-state index in [4.69, 9.17) is 4.74 Å². The maximum Gasteiger partial charge on any atom is 0.344 e. The van der Waals surface area contributed by atoms with Crippen molar-refractivity contribution < 1.29 is 9.53 Å². The molecule has 186 valence electrons. The maximum absolute atomic E-state index is 12.8. The highest BCUT2D eigenvalue weighted by atomic mass is 16.5. The Morgan fingerprint density at radius 1 is 0.921 bits per heavy atom. The maximum atomic E-state index is 12.8.